The molecule has 0 aromatic rings. The van der Waals surface area contributed by atoms with E-state index in [0.717, 1.165) is 17.8 Å². The fourth-order valence-corrected chi connectivity index (χ4v) is 4.58. The van der Waals surface area contributed by atoms with Crippen LogP contribution in [0.4, 0.5) is 0 Å². The summed E-state index contributed by atoms with van der Waals surface area (Å²) in [5.41, 5.74) is 0.902. The van der Waals surface area contributed by atoms with E-state index in [9.17, 15) is 0 Å². The number of hydrogen-bond acceptors (Lipinski definition) is 1. The molecule has 2 aliphatic rings. The van der Waals surface area contributed by atoms with E-state index >= 15 is 0 Å². The molecular weight excluding hydrogens is 254 g/mol. The zero-order valence-corrected chi connectivity index (χ0v) is 15.5. The quantitative estimate of drug-likeness (QED) is 0.627. The summed E-state index contributed by atoms with van der Waals surface area (Å²) < 4.78 is 0. The minimum atomic E-state index is 0.371. The van der Waals surface area contributed by atoms with E-state index in [1.165, 1.54) is 58.0 Å². The van der Waals surface area contributed by atoms with E-state index in [-0.39, 0.29) is 0 Å². The van der Waals surface area contributed by atoms with Gasteiger partial charge in [-0.1, -0.05) is 33.6 Å². The molecule has 0 spiro atoms. The van der Waals surface area contributed by atoms with Crippen LogP contribution in [-0.4, -0.2) is 23.5 Å². The first kappa shape index (κ1) is 17.3. The van der Waals surface area contributed by atoms with E-state index in [1.54, 1.807) is 0 Å². The van der Waals surface area contributed by atoms with E-state index < -0.39 is 0 Å². The molecule has 21 heavy (non-hydrogen) atoms. The van der Waals surface area contributed by atoms with Crippen LogP contribution in [0.25, 0.3) is 0 Å². The molecule has 1 aliphatic carbocycles. The standard InChI is InChI=1S/C20H39N/c1-19(2,3)18-9-7-16(8-10-18)15-17-11-13-21(14-12-17)20(4,5)6/h16-18H,7-15H2,1-6H3. The molecule has 0 aromatic heterocycles. The first-order valence-electron chi connectivity index (χ1n) is 9.41. The second-order valence-corrected chi connectivity index (χ2v) is 9.92. The third-order valence-electron chi connectivity index (χ3n) is 6.30. The Labute approximate surface area is 133 Å². The molecule has 2 fully saturated rings. The highest BCUT2D eigenvalue weighted by atomic mass is 15.2. The Kier molecular flexibility index (Phi) is 5.45. The highest BCUT2D eigenvalue weighted by Crippen LogP contribution is 2.42. The summed E-state index contributed by atoms with van der Waals surface area (Å²) in [4.78, 5) is 2.68. The molecule has 1 aliphatic heterocycles. The van der Waals surface area contributed by atoms with Crippen molar-refractivity contribution >= 4 is 0 Å². The topological polar surface area (TPSA) is 3.24 Å². The van der Waals surface area contributed by atoms with Crippen molar-refractivity contribution in [3.63, 3.8) is 0 Å². The minimum absolute atomic E-state index is 0.371. The molecule has 1 nitrogen and oxygen atoms in total. The van der Waals surface area contributed by atoms with Gasteiger partial charge in [0.2, 0.25) is 0 Å². The largest absolute Gasteiger partial charge is 0.298 e. The van der Waals surface area contributed by atoms with E-state index in [0.29, 0.717) is 11.0 Å². The summed E-state index contributed by atoms with van der Waals surface area (Å²) in [6.45, 7) is 17.0. The van der Waals surface area contributed by atoms with Crippen molar-refractivity contribution < 1.29 is 0 Å². The van der Waals surface area contributed by atoms with Crippen molar-refractivity contribution in [2.45, 2.75) is 92.0 Å². The number of hydrogen-bond donors (Lipinski definition) is 0. The normalized spacial score (nSPS) is 30.6. The van der Waals surface area contributed by atoms with Gasteiger partial charge in [0.1, 0.15) is 0 Å². The van der Waals surface area contributed by atoms with E-state index in [2.05, 4.69) is 46.4 Å². The van der Waals surface area contributed by atoms with Crippen LogP contribution < -0.4 is 0 Å². The van der Waals surface area contributed by atoms with E-state index in [4.69, 9.17) is 0 Å². The molecule has 0 radical (unpaired) electrons. The lowest BCUT2D eigenvalue weighted by atomic mass is 9.68. The van der Waals surface area contributed by atoms with Crippen LogP contribution in [0.3, 0.4) is 0 Å². The molecule has 0 N–H and O–H groups in total. The number of likely N-dealkylation sites (tertiary alicyclic amines) is 1. The molecule has 1 saturated carbocycles. The Morgan fingerprint density at radius 1 is 0.714 bits per heavy atom. The van der Waals surface area contributed by atoms with Gasteiger partial charge in [0.05, 0.1) is 0 Å². The molecule has 0 unspecified atom stereocenters. The van der Waals surface area contributed by atoms with Gasteiger partial charge in [0.25, 0.3) is 0 Å². The van der Waals surface area contributed by atoms with Gasteiger partial charge in [-0.25, -0.2) is 0 Å². The van der Waals surface area contributed by atoms with Crippen LogP contribution in [0, 0.1) is 23.2 Å². The summed E-state index contributed by atoms with van der Waals surface area (Å²) in [6.07, 6.45) is 10.4. The van der Waals surface area contributed by atoms with Crippen LogP contribution in [0.5, 0.6) is 0 Å². The molecule has 0 amide bonds. The van der Waals surface area contributed by atoms with Gasteiger partial charge >= 0.3 is 0 Å². The maximum absolute atomic E-state index is 2.68. The number of nitrogens with zero attached hydrogens (tertiary/aromatic N) is 1. The Morgan fingerprint density at radius 3 is 1.62 bits per heavy atom. The number of rotatable bonds is 2. The average molecular weight is 294 g/mol. The van der Waals surface area contributed by atoms with Gasteiger partial charge in [0, 0.05) is 5.54 Å². The molecule has 124 valence electrons. The first-order valence-corrected chi connectivity index (χ1v) is 9.41. The monoisotopic (exact) mass is 293 g/mol. The van der Waals surface area contributed by atoms with Crippen molar-refractivity contribution in [1.29, 1.82) is 0 Å². The lowest BCUT2D eigenvalue weighted by molar-refractivity contribution is 0.0727. The highest BCUT2D eigenvalue weighted by Gasteiger charge is 2.32. The first-order chi connectivity index (χ1) is 9.66. The maximum Gasteiger partial charge on any atom is 0.0125 e. The lowest BCUT2D eigenvalue weighted by Crippen LogP contribution is -2.46. The summed E-state index contributed by atoms with van der Waals surface area (Å²) in [6, 6.07) is 0. The molecule has 1 heteroatoms. The van der Waals surface area contributed by atoms with Crippen molar-refractivity contribution in [2.75, 3.05) is 13.1 Å². The zero-order valence-electron chi connectivity index (χ0n) is 15.5. The molecule has 0 aromatic carbocycles. The SMILES string of the molecule is CC(C)(C)C1CCC(CC2CCN(C(C)(C)C)CC2)CC1. The van der Waals surface area contributed by atoms with Gasteiger partial charge in [-0.2, -0.15) is 0 Å². The van der Waals surface area contributed by atoms with Gasteiger partial charge < -0.3 is 0 Å². The van der Waals surface area contributed by atoms with Gasteiger partial charge in [-0.15, -0.1) is 0 Å². The molecule has 1 saturated heterocycles. The summed E-state index contributed by atoms with van der Waals surface area (Å²) >= 11 is 0. The minimum Gasteiger partial charge on any atom is -0.298 e. The summed E-state index contributed by atoms with van der Waals surface area (Å²) in [7, 11) is 0. The smallest absolute Gasteiger partial charge is 0.0125 e. The Morgan fingerprint density at radius 2 is 1.19 bits per heavy atom. The fraction of sp³-hybridized carbons (Fsp3) is 1.00. The second kappa shape index (κ2) is 6.60. The van der Waals surface area contributed by atoms with Crippen LogP contribution in [0.1, 0.15) is 86.5 Å². The lowest BCUT2D eigenvalue weighted by Gasteiger charge is -2.42. The van der Waals surface area contributed by atoms with Crippen LogP contribution in [-0.2, 0) is 0 Å². The number of piperidine rings is 1. The van der Waals surface area contributed by atoms with Gasteiger partial charge in [0.15, 0.2) is 0 Å². The molecular formula is C20H39N. The molecule has 0 atom stereocenters. The fourth-order valence-electron chi connectivity index (χ4n) is 4.58. The van der Waals surface area contributed by atoms with Crippen molar-refractivity contribution in [2.24, 2.45) is 23.2 Å². The Bertz CT molecular complexity index is 272. The van der Waals surface area contributed by atoms with Crippen molar-refractivity contribution in [1.82, 2.24) is 4.90 Å². The molecule has 2 rings (SSSR count). The maximum atomic E-state index is 2.68. The highest BCUT2D eigenvalue weighted by molar-refractivity contribution is 4.85. The third kappa shape index (κ3) is 4.98. The van der Waals surface area contributed by atoms with Crippen molar-refractivity contribution in [3.8, 4) is 0 Å². The van der Waals surface area contributed by atoms with Crippen LogP contribution in [0.2, 0.25) is 0 Å². The molecule has 1 heterocycles. The summed E-state index contributed by atoms with van der Waals surface area (Å²) in [5, 5.41) is 0. The van der Waals surface area contributed by atoms with E-state index in [1.807, 2.05) is 0 Å². The Hall–Kier alpha value is -0.0400. The summed E-state index contributed by atoms with van der Waals surface area (Å²) in [5.74, 6) is 3.02. The second-order valence-electron chi connectivity index (χ2n) is 9.92. The average Bonchev–Trinajstić information content (AvgIpc) is 2.38. The van der Waals surface area contributed by atoms with Crippen LogP contribution >= 0.6 is 0 Å². The predicted molar refractivity (Wildman–Crippen MR) is 93.6 cm³/mol. The van der Waals surface area contributed by atoms with Crippen molar-refractivity contribution in [3.05, 3.63) is 0 Å². The predicted octanol–water partition coefficient (Wildman–Crippen LogP) is 5.74. The van der Waals surface area contributed by atoms with Gasteiger partial charge in [-0.05, 0) is 89.1 Å². The third-order valence-corrected chi connectivity index (χ3v) is 6.30. The Balaban J connectivity index is 1.71. The van der Waals surface area contributed by atoms with Gasteiger partial charge in [-0.3, -0.25) is 4.90 Å². The zero-order chi connectivity index (χ0) is 15.7. The molecule has 0 bridgehead atoms. The van der Waals surface area contributed by atoms with Crippen LogP contribution in [0.15, 0.2) is 0 Å².